The fraction of sp³-hybridized carbons (Fsp3) is 0.263. The number of para-hydroxylation sites is 2. The number of aromatic nitrogens is 2. The molecule has 0 aliphatic carbocycles. The molecule has 1 aromatic heterocycles. The molecule has 0 spiro atoms. The second-order valence-corrected chi connectivity index (χ2v) is 6.62. The second kappa shape index (κ2) is 6.41. The van der Waals surface area contributed by atoms with E-state index in [9.17, 15) is 4.79 Å². The number of benzene rings is 2. The Bertz CT molecular complexity index is 937. The standard InChI is InChI=1S/C19H18ClN3O2/c1-25-18-7-6-13(20)10-15(18)19(24)22-9-8-14(11-22)23-12-21-16-4-2-3-5-17(16)23/h2-7,10,12,14H,8-9,11H2,1H3/t14-/m0/s1. The Hall–Kier alpha value is -2.53. The van der Waals surface area contributed by atoms with Gasteiger partial charge in [-0.1, -0.05) is 23.7 Å². The average molecular weight is 356 g/mol. The van der Waals surface area contributed by atoms with E-state index in [1.54, 1.807) is 25.3 Å². The molecule has 2 aromatic carbocycles. The van der Waals surface area contributed by atoms with E-state index < -0.39 is 0 Å². The largest absolute Gasteiger partial charge is 0.496 e. The monoisotopic (exact) mass is 355 g/mol. The second-order valence-electron chi connectivity index (χ2n) is 6.18. The van der Waals surface area contributed by atoms with Gasteiger partial charge in [-0.15, -0.1) is 0 Å². The van der Waals surface area contributed by atoms with E-state index in [0.29, 0.717) is 29.4 Å². The lowest BCUT2D eigenvalue weighted by Gasteiger charge is -2.19. The van der Waals surface area contributed by atoms with Gasteiger partial charge in [-0.3, -0.25) is 4.79 Å². The van der Waals surface area contributed by atoms with Crippen molar-refractivity contribution in [3.8, 4) is 5.75 Å². The van der Waals surface area contributed by atoms with Crippen LogP contribution in [-0.4, -0.2) is 40.6 Å². The lowest BCUT2D eigenvalue weighted by atomic mass is 10.1. The van der Waals surface area contributed by atoms with Gasteiger partial charge < -0.3 is 14.2 Å². The summed E-state index contributed by atoms with van der Waals surface area (Å²) in [5, 5.41) is 0.528. The number of fused-ring (bicyclic) bond motifs is 1. The highest BCUT2D eigenvalue weighted by atomic mass is 35.5. The number of ether oxygens (including phenoxy) is 1. The number of hydrogen-bond donors (Lipinski definition) is 0. The maximum atomic E-state index is 12.9. The summed E-state index contributed by atoms with van der Waals surface area (Å²) in [6.45, 7) is 1.35. The minimum Gasteiger partial charge on any atom is -0.496 e. The number of hydrogen-bond acceptors (Lipinski definition) is 3. The van der Waals surface area contributed by atoms with E-state index >= 15 is 0 Å². The predicted molar refractivity (Wildman–Crippen MR) is 97.3 cm³/mol. The summed E-state index contributed by atoms with van der Waals surface area (Å²) in [5.74, 6) is 0.497. The summed E-state index contributed by atoms with van der Waals surface area (Å²) in [6, 6.07) is 13.4. The summed E-state index contributed by atoms with van der Waals surface area (Å²) in [7, 11) is 1.56. The minimum atomic E-state index is -0.0497. The minimum absolute atomic E-state index is 0.0497. The number of amides is 1. The summed E-state index contributed by atoms with van der Waals surface area (Å²) < 4.78 is 7.48. The molecule has 0 N–H and O–H groups in total. The highest BCUT2D eigenvalue weighted by Gasteiger charge is 2.30. The van der Waals surface area contributed by atoms with Crippen LogP contribution in [-0.2, 0) is 0 Å². The van der Waals surface area contributed by atoms with Crippen molar-refractivity contribution in [1.29, 1.82) is 0 Å². The fourth-order valence-electron chi connectivity index (χ4n) is 3.44. The first-order valence-corrected chi connectivity index (χ1v) is 8.59. The van der Waals surface area contributed by atoms with Crippen molar-refractivity contribution < 1.29 is 9.53 Å². The summed E-state index contributed by atoms with van der Waals surface area (Å²) in [6.07, 6.45) is 2.76. The van der Waals surface area contributed by atoms with Crippen LogP contribution in [0, 0.1) is 0 Å². The lowest BCUT2D eigenvalue weighted by molar-refractivity contribution is 0.0784. The average Bonchev–Trinajstić information content (AvgIpc) is 3.27. The number of likely N-dealkylation sites (tertiary alicyclic amines) is 1. The molecule has 1 aliphatic heterocycles. The Morgan fingerprint density at radius 3 is 2.96 bits per heavy atom. The molecule has 1 aliphatic rings. The van der Waals surface area contributed by atoms with Crippen LogP contribution >= 0.6 is 11.6 Å². The first-order chi connectivity index (χ1) is 12.2. The van der Waals surface area contributed by atoms with Crippen molar-refractivity contribution >= 4 is 28.5 Å². The van der Waals surface area contributed by atoms with Crippen LogP contribution in [0.25, 0.3) is 11.0 Å². The molecule has 3 aromatic rings. The number of nitrogens with zero attached hydrogens (tertiary/aromatic N) is 3. The Labute approximate surface area is 150 Å². The van der Waals surface area contributed by atoms with Gasteiger partial charge in [0, 0.05) is 18.1 Å². The molecule has 2 heterocycles. The molecule has 6 heteroatoms. The normalized spacial score (nSPS) is 17.2. The molecule has 1 amide bonds. The highest BCUT2D eigenvalue weighted by Crippen LogP contribution is 2.29. The zero-order valence-corrected chi connectivity index (χ0v) is 14.6. The molecule has 1 fully saturated rings. The number of halogens is 1. The molecule has 0 unspecified atom stereocenters. The summed E-state index contributed by atoms with van der Waals surface area (Å²) in [5.41, 5.74) is 2.58. The van der Waals surface area contributed by atoms with Crippen LogP contribution in [0.1, 0.15) is 22.8 Å². The van der Waals surface area contributed by atoms with Crippen LogP contribution in [0.3, 0.4) is 0 Å². The van der Waals surface area contributed by atoms with Crippen LogP contribution in [0.15, 0.2) is 48.8 Å². The van der Waals surface area contributed by atoms with E-state index in [1.807, 2.05) is 29.4 Å². The molecule has 1 saturated heterocycles. The van der Waals surface area contributed by atoms with Crippen molar-refractivity contribution in [3.63, 3.8) is 0 Å². The highest BCUT2D eigenvalue weighted by molar-refractivity contribution is 6.31. The molecule has 0 radical (unpaired) electrons. The first-order valence-electron chi connectivity index (χ1n) is 8.22. The third-order valence-corrected chi connectivity index (χ3v) is 4.95. The van der Waals surface area contributed by atoms with Gasteiger partial charge in [0.15, 0.2) is 0 Å². The number of carbonyl (C=O) groups excluding carboxylic acids is 1. The zero-order chi connectivity index (χ0) is 17.4. The Kier molecular flexibility index (Phi) is 4.09. The zero-order valence-electron chi connectivity index (χ0n) is 13.9. The molecular formula is C19H18ClN3O2. The van der Waals surface area contributed by atoms with Gasteiger partial charge in [-0.05, 0) is 36.8 Å². The smallest absolute Gasteiger partial charge is 0.257 e. The van der Waals surface area contributed by atoms with Crippen molar-refractivity contribution in [1.82, 2.24) is 14.5 Å². The van der Waals surface area contributed by atoms with Crippen molar-refractivity contribution in [2.24, 2.45) is 0 Å². The lowest BCUT2D eigenvalue weighted by Crippen LogP contribution is -2.29. The van der Waals surface area contributed by atoms with Crippen LogP contribution in [0.2, 0.25) is 5.02 Å². The number of imidazole rings is 1. The SMILES string of the molecule is COc1ccc(Cl)cc1C(=O)N1CC[C@H](n2cnc3ccccc32)C1. The number of carbonyl (C=O) groups is 1. The molecule has 1 atom stereocenters. The van der Waals surface area contributed by atoms with Gasteiger partial charge in [-0.2, -0.15) is 0 Å². The van der Waals surface area contributed by atoms with Crippen molar-refractivity contribution in [2.45, 2.75) is 12.5 Å². The van der Waals surface area contributed by atoms with Crippen LogP contribution in [0.4, 0.5) is 0 Å². The number of methoxy groups -OCH3 is 1. The molecule has 0 saturated carbocycles. The van der Waals surface area contributed by atoms with Gasteiger partial charge in [0.05, 0.1) is 36.1 Å². The van der Waals surface area contributed by atoms with E-state index in [1.165, 1.54) is 0 Å². The Balaban J connectivity index is 1.58. The topological polar surface area (TPSA) is 47.4 Å². The summed E-state index contributed by atoms with van der Waals surface area (Å²) >= 11 is 6.06. The van der Waals surface area contributed by atoms with Gasteiger partial charge >= 0.3 is 0 Å². The van der Waals surface area contributed by atoms with Crippen molar-refractivity contribution in [2.75, 3.05) is 20.2 Å². The quantitative estimate of drug-likeness (QED) is 0.718. The Morgan fingerprint density at radius 1 is 1.28 bits per heavy atom. The molecule has 4 rings (SSSR count). The van der Waals surface area contributed by atoms with E-state index in [-0.39, 0.29) is 11.9 Å². The molecule has 128 valence electrons. The Morgan fingerprint density at radius 2 is 2.12 bits per heavy atom. The number of rotatable bonds is 3. The maximum Gasteiger partial charge on any atom is 0.257 e. The van der Waals surface area contributed by atoms with E-state index in [2.05, 4.69) is 15.6 Å². The van der Waals surface area contributed by atoms with Crippen LogP contribution < -0.4 is 4.74 Å². The summed E-state index contributed by atoms with van der Waals surface area (Å²) in [4.78, 5) is 19.2. The molecular weight excluding hydrogens is 338 g/mol. The van der Waals surface area contributed by atoms with Gasteiger partial charge in [-0.25, -0.2) is 4.98 Å². The van der Waals surface area contributed by atoms with Gasteiger partial charge in [0.25, 0.3) is 5.91 Å². The third kappa shape index (κ3) is 2.85. The van der Waals surface area contributed by atoms with Gasteiger partial charge in [0.2, 0.25) is 0 Å². The van der Waals surface area contributed by atoms with Gasteiger partial charge in [0.1, 0.15) is 5.75 Å². The van der Waals surface area contributed by atoms with E-state index in [4.69, 9.17) is 16.3 Å². The van der Waals surface area contributed by atoms with Crippen molar-refractivity contribution in [3.05, 3.63) is 59.4 Å². The molecule has 25 heavy (non-hydrogen) atoms. The third-order valence-electron chi connectivity index (χ3n) is 4.72. The molecule has 5 nitrogen and oxygen atoms in total. The van der Waals surface area contributed by atoms with E-state index in [0.717, 1.165) is 17.5 Å². The molecule has 0 bridgehead atoms. The fourth-order valence-corrected chi connectivity index (χ4v) is 3.61. The first kappa shape index (κ1) is 16.0. The van der Waals surface area contributed by atoms with Crippen LogP contribution in [0.5, 0.6) is 5.75 Å². The predicted octanol–water partition coefficient (Wildman–Crippen LogP) is 3.79. The maximum absolute atomic E-state index is 12.9.